The lowest BCUT2D eigenvalue weighted by Gasteiger charge is -2.28. The first-order valence-electron chi connectivity index (χ1n) is 10.5. The van der Waals surface area contributed by atoms with Crippen molar-refractivity contribution in [1.82, 2.24) is 20.6 Å². The second kappa shape index (κ2) is 8.15. The van der Waals surface area contributed by atoms with Gasteiger partial charge in [0.1, 0.15) is 0 Å². The summed E-state index contributed by atoms with van der Waals surface area (Å²) in [5.41, 5.74) is 9.32. The first kappa shape index (κ1) is 21.4. The van der Waals surface area contributed by atoms with E-state index in [1.54, 1.807) is 24.3 Å². The van der Waals surface area contributed by atoms with Crippen LogP contribution in [0.4, 0.5) is 10.1 Å². The van der Waals surface area contributed by atoms with Crippen molar-refractivity contribution in [3.05, 3.63) is 80.8 Å². The summed E-state index contributed by atoms with van der Waals surface area (Å²) < 4.78 is 17.1. The van der Waals surface area contributed by atoms with Crippen LogP contribution in [0, 0.1) is 5.82 Å². The first-order valence-corrected chi connectivity index (χ1v) is 11.2. The predicted octanol–water partition coefficient (Wildman–Crippen LogP) is 4.85. The lowest BCUT2D eigenvalue weighted by Crippen LogP contribution is -2.31. The maximum absolute atomic E-state index is 15.1. The lowest BCUT2D eigenvalue weighted by atomic mass is 9.94. The van der Waals surface area contributed by atoms with Gasteiger partial charge >= 0.3 is 0 Å². The highest BCUT2D eigenvalue weighted by molar-refractivity contribution is 6.31. The van der Waals surface area contributed by atoms with Gasteiger partial charge in [-0.05, 0) is 35.7 Å². The monoisotopic (exact) mass is 473 g/mol. The van der Waals surface area contributed by atoms with Gasteiger partial charge in [0.25, 0.3) is 5.91 Å². The highest BCUT2D eigenvalue weighted by Gasteiger charge is 2.46. The maximum Gasteiger partial charge on any atom is 0.280 e. The predicted molar refractivity (Wildman–Crippen MR) is 123 cm³/mol. The Hall–Kier alpha value is -2.45. The molecule has 1 amide bonds. The van der Waals surface area contributed by atoms with Crippen molar-refractivity contribution < 1.29 is 9.18 Å². The fourth-order valence-corrected chi connectivity index (χ4v) is 4.91. The zero-order valence-corrected chi connectivity index (χ0v) is 19.1. The van der Waals surface area contributed by atoms with E-state index in [2.05, 4.69) is 24.7 Å². The minimum absolute atomic E-state index is 0.0352. The van der Waals surface area contributed by atoms with Crippen molar-refractivity contribution in [2.24, 2.45) is 0 Å². The van der Waals surface area contributed by atoms with Gasteiger partial charge in [-0.15, -0.1) is 0 Å². The fraction of sp³-hybridized carbons (Fsp3) is 0.304. The van der Waals surface area contributed by atoms with Gasteiger partial charge in [-0.3, -0.25) is 25.2 Å². The van der Waals surface area contributed by atoms with Gasteiger partial charge < -0.3 is 0 Å². The number of nitrogens with zero attached hydrogens (tertiary/aromatic N) is 3. The third-order valence-corrected chi connectivity index (χ3v) is 6.55. The number of carbonyl (C=O) groups excluding carboxylic acids is 1. The van der Waals surface area contributed by atoms with Crippen LogP contribution in [0.5, 0.6) is 0 Å². The molecule has 32 heavy (non-hydrogen) atoms. The van der Waals surface area contributed by atoms with Crippen molar-refractivity contribution in [3.8, 4) is 0 Å². The molecule has 0 aliphatic carbocycles. The van der Waals surface area contributed by atoms with E-state index >= 15 is 4.39 Å². The van der Waals surface area contributed by atoms with E-state index in [0.717, 1.165) is 16.8 Å². The molecule has 5 rings (SSSR count). The minimum Gasteiger partial charge on any atom is -0.292 e. The standard InChI is InChI=1S/C23H22Cl2FN5O/c1-12(2)21-18-20(29-31(21)15-10-27-28-11-15)23(32)30(17-5-3-4-16(25)19(17)26)22(18)13-6-8-14(24)9-7-13/h3-9,12,15,22,27-28H,10-11H2,1-2H3. The van der Waals surface area contributed by atoms with E-state index in [-0.39, 0.29) is 28.6 Å². The lowest BCUT2D eigenvalue weighted by molar-refractivity contribution is 0.0986. The van der Waals surface area contributed by atoms with E-state index in [9.17, 15) is 4.79 Å². The molecular weight excluding hydrogens is 452 g/mol. The normalized spacial score (nSPS) is 18.8. The van der Waals surface area contributed by atoms with Crippen molar-refractivity contribution in [3.63, 3.8) is 0 Å². The van der Waals surface area contributed by atoms with Crippen LogP contribution in [0.25, 0.3) is 0 Å². The van der Waals surface area contributed by atoms with Crippen molar-refractivity contribution in [1.29, 1.82) is 0 Å². The van der Waals surface area contributed by atoms with Crippen LogP contribution in [0.15, 0.2) is 42.5 Å². The zero-order chi connectivity index (χ0) is 22.6. The molecule has 0 radical (unpaired) electrons. The molecule has 3 aromatic rings. The molecule has 1 fully saturated rings. The van der Waals surface area contributed by atoms with Gasteiger partial charge in [0, 0.05) is 29.4 Å². The molecule has 1 aromatic heterocycles. The SMILES string of the molecule is CC(C)c1c2c(nn1C1CNNC1)C(=O)N(c1cccc(Cl)c1F)C2c1ccc(Cl)cc1. The van der Waals surface area contributed by atoms with Gasteiger partial charge in [0.05, 0.1) is 22.8 Å². The highest BCUT2D eigenvalue weighted by Crippen LogP contribution is 2.46. The van der Waals surface area contributed by atoms with Crippen molar-refractivity contribution in [2.45, 2.75) is 31.8 Å². The molecule has 3 heterocycles. The van der Waals surface area contributed by atoms with Gasteiger partial charge in [-0.2, -0.15) is 5.10 Å². The van der Waals surface area contributed by atoms with Gasteiger partial charge in [0.2, 0.25) is 0 Å². The summed E-state index contributed by atoms with van der Waals surface area (Å²) in [6.07, 6.45) is 0. The summed E-state index contributed by atoms with van der Waals surface area (Å²) in [7, 11) is 0. The number of benzene rings is 2. The third kappa shape index (κ3) is 3.31. The van der Waals surface area contributed by atoms with Crippen LogP contribution in [-0.4, -0.2) is 28.8 Å². The Morgan fingerprint density at radius 3 is 2.44 bits per heavy atom. The molecule has 1 unspecified atom stereocenters. The Morgan fingerprint density at radius 2 is 1.78 bits per heavy atom. The zero-order valence-electron chi connectivity index (χ0n) is 17.6. The molecule has 1 saturated heterocycles. The van der Waals surface area contributed by atoms with Gasteiger partial charge in [0.15, 0.2) is 11.5 Å². The van der Waals surface area contributed by atoms with E-state index in [4.69, 9.17) is 28.3 Å². The number of hydrogen-bond donors (Lipinski definition) is 2. The molecule has 2 aromatic carbocycles. The molecular formula is C23H22Cl2FN5O. The summed E-state index contributed by atoms with van der Waals surface area (Å²) in [5.74, 6) is -0.880. The Morgan fingerprint density at radius 1 is 1.09 bits per heavy atom. The van der Waals surface area contributed by atoms with Crippen LogP contribution < -0.4 is 15.8 Å². The Balaban J connectivity index is 1.75. The number of rotatable bonds is 4. The summed E-state index contributed by atoms with van der Waals surface area (Å²) >= 11 is 12.2. The summed E-state index contributed by atoms with van der Waals surface area (Å²) in [4.78, 5) is 15.2. The molecule has 9 heteroatoms. The van der Waals surface area contributed by atoms with Gasteiger partial charge in [-0.25, -0.2) is 4.39 Å². The van der Waals surface area contributed by atoms with Crippen LogP contribution in [0.3, 0.4) is 0 Å². The number of halogens is 3. The number of hydrogen-bond acceptors (Lipinski definition) is 4. The average molecular weight is 474 g/mol. The number of nitrogens with one attached hydrogen (secondary N) is 2. The smallest absolute Gasteiger partial charge is 0.280 e. The van der Waals surface area contributed by atoms with Crippen LogP contribution in [0.2, 0.25) is 10.0 Å². The molecule has 6 nitrogen and oxygen atoms in total. The Kier molecular flexibility index (Phi) is 5.45. The molecule has 1 atom stereocenters. The number of carbonyl (C=O) groups is 1. The molecule has 2 aliphatic rings. The second-order valence-electron chi connectivity index (χ2n) is 8.36. The molecule has 0 saturated carbocycles. The number of fused-ring (bicyclic) bond motifs is 1. The molecule has 0 bridgehead atoms. The van der Waals surface area contributed by atoms with Gasteiger partial charge in [-0.1, -0.05) is 55.2 Å². The van der Waals surface area contributed by atoms with E-state index in [0.29, 0.717) is 23.8 Å². The largest absolute Gasteiger partial charge is 0.292 e. The maximum atomic E-state index is 15.1. The van der Waals surface area contributed by atoms with Crippen LogP contribution in [-0.2, 0) is 0 Å². The highest BCUT2D eigenvalue weighted by atomic mass is 35.5. The fourth-order valence-electron chi connectivity index (χ4n) is 4.61. The molecule has 166 valence electrons. The average Bonchev–Trinajstić information content (AvgIpc) is 3.47. The van der Waals surface area contributed by atoms with E-state index in [1.807, 2.05) is 16.8 Å². The first-order chi connectivity index (χ1) is 15.4. The third-order valence-electron chi connectivity index (χ3n) is 6.01. The Bertz CT molecular complexity index is 1190. The topological polar surface area (TPSA) is 62.2 Å². The number of anilines is 1. The Labute approximate surface area is 195 Å². The molecule has 2 aliphatic heterocycles. The molecule has 2 N–H and O–H groups in total. The summed E-state index contributed by atoms with van der Waals surface area (Å²) in [6.45, 7) is 5.56. The summed E-state index contributed by atoms with van der Waals surface area (Å²) in [6, 6.07) is 11.5. The van der Waals surface area contributed by atoms with Crippen molar-refractivity contribution in [2.75, 3.05) is 18.0 Å². The van der Waals surface area contributed by atoms with E-state index in [1.165, 1.54) is 11.0 Å². The minimum atomic E-state index is -0.630. The quantitative estimate of drug-likeness (QED) is 0.568. The van der Waals surface area contributed by atoms with E-state index < -0.39 is 11.9 Å². The summed E-state index contributed by atoms with van der Waals surface area (Å²) in [5, 5.41) is 5.31. The number of aromatic nitrogens is 2. The van der Waals surface area contributed by atoms with Crippen molar-refractivity contribution >= 4 is 34.8 Å². The van der Waals surface area contributed by atoms with Crippen LogP contribution in [0.1, 0.15) is 59.2 Å². The second-order valence-corrected chi connectivity index (χ2v) is 9.21. The number of hydrazine groups is 1. The number of amides is 1. The van der Waals surface area contributed by atoms with Crippen LogP contribution >= 0.6 is 23.2 Å². The molecule has 0 spiro atoms.